The Morgan fingerprint density at radius 2 is 1.83 bits per heavy atom. The molecule has 0 saturated carbocycles. The van der Waals surface area contributed by atoms with Gasteiger partial charge in [0.1, 0.15) is 11.9 Å². The quantitative estimate of drug-likeness (QED) is 0.569. The van der Waals surface area contributed by atoms with Crippen LogP contribution in [0.15, 0.2) is 67.0 Å². The number of carbonyl (C=O) groups is 1. The van der Waals surface area contributed by atoms with Crippen LogP contribution in [0.4, 0.5) is 0 Å². The first kappa shape index (κ1) is 17.6. The van der Waals surface area contributed by atoms with Gasteiger partial charge in [0.25, 0.3) is 0 Å². The molecule has 2 aromatic carbocycles. The lowest BCUT2D eigenvalue weighted by molar-refractivity contribution is -0.119. The van der Waals surface area contributed by atoms with E-state index in [4.69, 9.17) is 4.74 Å². The SMILES string of the molecule is C[C@@H](Oc1cc(-c2ccc3ncccc3c2)cc2ncccc12)[C@@H]1CNC(=O)C1. The second-order valence-corrected chi connectivity index (χ2v) is 7.55. The molecule has 1 aliphatic rings. The van der Waals surface area contributed by atoms with Crippen LogP contribution in [0.5, 0.6) is 5.75 Å². The maximum Gasteiger partial charge on any atom is 0.220 e. The van der Waals surface area contributed by atoms with Crippen LogP contribution >= 0.6 is 0 Å². The van der Waals surface area contributed by atoms with Crippen LogP contribution in [0.25, 0.3) is 32.9 Å². The second kappa shape index (κ2) is 7.17. The van der Waals surface area contributed by atoms with Gasteiger partial charge in [-0.1, -0.05) is 12.1 Å². The van der Waals surface area contributed by atoms with Crippen LogP contribution in [-0.2, 0) is 4.79 Å². The maximum atomic E-state index is 11.6. The summed E-state index contributed by atoms with van der Waals surface area (Å²) in [4.78, 5) is 20.5. The zero-order valence-corrected chi connectivity index (χ0v) is 16.1. The molecule has 0 spiro atoms. The van der Waals surface area contributed by atoms with Gasteiger partial charge in [0.15, 0.2) is 0 Å². The van der Waals surface area contributed by atoms with Crippen molar-refractivity contribution in [2.45, 2.75) is 19.4 Å². The number of rotatable bonds is 4. The Bertz CT molecular complexity index is 1220. The van der Waals surface area contributed by atoms with Crippen LogP contribution in [0.1, 0.15) is 13.3 Å². The molecule has 1 amide bonds. The number of ether oxygens (including phenoxy) is 1. The molecular formula is C24H21N3O2. The first-order chi connectivity index (χ1) is 14.2. The molecule has 0 bridgehead atoms. The predicted octanol–water partition coefficient (Wildman–Crippen LogP) is 4.35. The van der Waals surface area contributed by atoms with Gasteiger partial charge in [-0.15, -0.1) is 0 Å². The molecule has 29 heavy (non-hydrogen) atoms. The van der Waals surface area contributed by atoms with Crippen LogP contribution in [0, 0.1) is 5.92 Å². The third kappa shape index (κ3) is 3.40. The number of nitrogens with one attached hydrogen (secondary N) is 1. The van der Waals surface area contributed by atoms with E-state index in [1.165, 1.54) is 0 Å². The number of nitrogens with zero attached hydrogens (tertiary/aromatic N) is 2. The van der Waals surface area contributed by atoms with Crippen molar-refractivity contribution in [2.24, 2.45) is 5.92 Å². The largest absolute Gasteiger partial charge is 0.490 e. The Labute approximate surface area is 168 Å². The molecule has 0 unspecified atom stereocenters. The second-order valence-electron chi connectivity index (χ2n) is 7.55. The Balaban J connectivity index is 1.56. The van der Waals surface area contributed by atoms with E-state index in [2.05, 4.69) is 45.6 Å². The predicted molar refractivity (Wildman–Crippen MR) is 114 cm³/mol. The Morgan fingerprint density at radius 3 is 2.66 bits per heavy atom. The van der Waals surface area contributed by atoms with Gasteiger partial charge in [-0.3, -0.25) is 14.8 Å². The summed E-state index contributed by atoms with van der Waals surface area (Å²) in [7, 11) is 0. The van der Waals surface area contributed by atoms with Crippen molar-refractivity contribution in [3.05, 3.63) is 67.0 Å². The lowest BCUT2D eigenvalue weighted by Gasteiger charge is -2.21. The molecule has 3 heterocycles. The number of fused-ring (bicyclic) bond motifs is 2. The third-order valence-electron chi connectivity index (χ3n) is 5.60. The highest BCUT2D eigenvalue weighted by atomic mass is 16.5. The molecule has 5 nitrogen and oxygen atoms in total. The number of amides is 1. The summed E-state index contributed by atoms with van der Waals surface area (Å²) in [6.45, 7) is 2.69. The van der Waals surface area contributed by atoms with E-state index in [-0.39, 0.29) is 17.9 Å². The summed E-state index contributed by atoms with van der Waals surface area (Å²) in [6, 6.07) is 18.4. The topological polar surface area (TPSA) is 64.1 Å². The molecule has 2 aromatic heterocycles. The van der Waals surface area contributed by atoms with Crippen molar-refractivity contribution in [3.8, 4) is 16.9 Å². The van der Waals surface area contributed by atoms with Gasteiger partial charge >= 0.3 is 0 Å². The van der Waals surface area contributed by atoms with Crippen molar-refractivity contribution in [2.75, 3.05) is 6.54 Å². The Kier molecular flexibility index (Phi) is 4.35. The van der Waals surface area contributed by atoms with Gasteiger partial charge in [-0.25, -0.2) is 0 Å². The minimum atomic E-state index is -0.0755. The molecule has 144 valence electrons. The molecule has 1 N–H and O–H groups in total. The monoisotopic (exact) mass is 383 g/mol. The average molecular weight is 383 g/mol. The van der Waals surface area contributed by atoms with Crippen LogP contribution in [0.3, 0.4) is 0 Å². The van der Waals surface area contributed by atoms with Gasteiger partial charge in [-0.2, -0.15) is 0 Å². The fourth-order valence-corrected chi connectivity index (χ4v) is 3.92. The number of pyridine rings is 2. The fraction of sp³-hybridized carbons (Fsp3) is 0.208. The molecule has 1 fully saturated rings. The summed E-state index contributed by atoms with van der Waals surface area (Å²) in [5.74, 6) is 1.06. The first-order valence-corrected chi connectivity index (χ1v) is 9.85. The van der Waals surface area contributed by atoms with Gasteiger partial charge < -0.3 is 10.1 Å². The maximum absolute atomic E-state index is 11.6. The van der Waals surface area contributed by atoms with Crippen LogP contribution in [0.2, 0.25) is 0 Å². The summed E-state index contributed by atoms with van der Waals surface area (Å²) in [6.07, 6.45) is 4.03. The smallest absolute Gasteiger partial charge is 0.220 e. The average Bonchev–Trinajstić information content (AvgIpc) is 3.20. The van der Waals surface area contributed by atoms with Gasteiger partial charge in [0.05, 0.1) is 11.0 Å². The number of aromatic nitrogens is 2. The minimum absolute atomic E-state index is 0.0755. The van der Waals surface area contributed by atoms with Crippen LogP contribution in [-0.4, -0.2) is 28.5 Å². The summed E-state index contributed by atoms with van der Waals surface area (Å²) in [5, 5.41) is 4.96. The Morgan fingerprint density at radius 1 is 1.00 bits per heavy atom. The highest BCUT2D eigenvalue weighted by molar-refractivity contribution is 5.92. The third-order valence-corrected chi connectivity index (χ3v) is 5.60. The molecule has 0 radical (unpaired) electrons. The van der Waals surface area contributed by atoms with Gasteiger partial charge in [0, 0.05) is 42.0 Å². The molecular weight excluding hydrogens is 362 g/mol. The molecule has 2 atom stereocenters. The standard InChI is InChI=1S/C24H21N3O2/c1-15(19-13-24(28)27-14-19)29-23-12-18(11-22-20(23)5-3-9-26-22)16-6-7-21-17(10-16)4-2-8-25-21/h2-12,15,19H,13-14H2,1H3,(H,27,28)/t15-,19+/m1/s1. The van der Waals surface area contributed by atoms with Crippen LogP contribution < -0.4 is 10.1 Å². The van der Waals surface area contributed by atoms with E-state index in [9.17, 15) is 4.79 Å². The van der Waals surface area contributed by atoms with E-state index in [1.807, 2.05) is 31.2 Å². The van der Waals surface area contributed by atoms with Crippen molar-refractivity contribution < 1.29 is 9.53 Å². The van der Waals surface area contributed by atoms with Crippen molar-refractivity contribution in [1.82, 2.24) is 15.3 Å². The number of hydrogen-bond acceptors (Lipinski definition) is 4. The number of carbonyl (C=O) groups excluding carboxylic acids is 1. The molecule has 5 heteroatoms. The van der Waals surface area contributed by atoms with Crippen molar-refractivity contribution in [3.63, 3.8) is 0 Å². The Hall–Kier alpha value is -3.47. The normalized spacial score (nSPS) is 17.4. The van der Waals surface area contributed by atoms with E-state index < -0.39 is 0 Å². The lowest BCUT2D eigenvalue weighted by Crippen LogP contribution is -2.25. The molecule has 1 saturated heterocycles. The van der Waals surface area contributed by atoms with E-state index in [0.29, 0.717) is 13.0 Å². The molecule has 5 rings (SSSR count). The highest BCUT2D eigenvalue weighted by Crippen LogP contribution is 2.34. The van der Waals surface area contributed by atoms with E-state index in [1.54, 1.807) is 12.4 Å². The molecule has 4 aromatic rings. The fourth-order valence-electron chi connectivity index (χ4n) is 3.92. The van der Waals surface area contributed by atoms with Crippen molar-refractivity contribution >= 4 is 27.7 Å². The minimum Gasteiger partial charge on any atom is -0.490 e. The number of hydrogen-bond donors (Lipinski definition) is 1. The summed E-state index contributed by atoms with van der Waals surface area (Å²) in [5.41, 5.74) is 4.00. The molecule has 1 aliphatic heterocycles. The zero-order chi connectivity index (χ0) is 19.8. The first-order valence-electron chi connectivity index (χ1n) is 9.85. The highest BCUT2D eigenvalue weighted by Gasteiger charge is 2.28. The zero-order valence-electron chi connectivity index (χ0n) is 16.1. The number of benzene rings is 2. The van der Waals surface area contributed by atoms with E-state index >= 15 is 0 Å². The molecule has 0 aliphatic carbocycles. The van der Waals surface area contributed by atoms with Gasteiger partial charge in [0.2, 0.25) is 5.91 Å². The van der Waals surface area contributed by atoms with E-state index in [0.717, 1.165) is 38.7 Å². The van der Waals surface area contributed by atoms with Gasteiger partial charge in [-0.05, 0) is 60.5 Å². The van der Waals surface area contributed by atoms with Crippen molar-refractivity contribution in [1.29, 1.82) is 0 Å². The summed E-state index contributed by atoms with van der Waals surface area (Å²) < 4.78 is 6.36. The summed E-state index contributed by atoms with van der Waals surface area (Å²) >= 11 is 0. The lowest BCUT2D eigenvalue weighted by atomic mass is 10.00.